The molecule has 2 aromatic carbocycles. The monoisotopic (exact) mass is 406 g/mol. The molecule has 0 bridgehead atoms. The fourth-order valence-electron chi connectivity index (χ4n) is 4.37. The van der Waals surface area contributed by atoms with Gasteiger partial charge in [0.1, 0.15) is 22.9 Å². The molecule has 7 nitrogen and oxygen atoms in total. The maximum atomic E-state index is 12.6. The van der Waals surface area contributed by atoms with Gasteiger partial charge in [-0.15, -0.1) is 0 Å². The summed E-state index contributed by atoms with van der Waals surface area (Å²) < 4.78 is 11.0. The Kier molecular flexibility index (Phi) is 5.36. The highest BCUT2D eigenvalue weighted by Gasteiger charge is 2.23. The zero-order valence-electron chi connectivity index (χ0n) is 17.0. The van der Waals surface area contributed by atoms with Crippen molar-refractivity contribution in [3.63, 3.8) is 0 Å². The van der Waals surface area contributed by atoms with E-state index < -0.39 is 0 Å². The van der Waals surface area contributed by atoms with Crippen molar-refractivity contribution < 1.29 is 14.2 Å². The van der Waals surface area contributed by atoms with Crippen LogP contribution in [-0.4, -0.2) is 58.3 Å². The van der Waals surface area contributed by atoms with Gasteiger partial charge in [-0.25, -0.2) is 4.63 Å². The van der Waals surface area contributed by atoms with Crippen LogP contribution < -0.4 is 4.74 Å². The number of fused-ring (bicyclic) bond motifs is 1. The summed E-state index contributed by atoms with van der Waals surface area (Å²) in [6.07, 6.45) is 4.32. The highest BCUT2D eigenvalue weighted by Crippen LogP contribution is 2.23. The number of carbonyl (C=O) groups excluding carboxylic acids is 1. The fourth-order valence-corrected chi connectivity index (χ4v) is 4.37. The molecule has 2 fully saturated rings. The van der Waals surface area contributed by atoms with Gasteiger partial charge in [0.2, 0.25) is 0 Å². The zero-order chi connectivity index (χ0) is 20.3. The molecule has 1 amide bonds. The summed E-state index contributed by atoms with van der Waals surface area (Å²) in [5.74, 6) is 0.912. The van der Waals surface area contributed by atoms with Gasteiger partial charge in [0.25, 0.3) is 5.91 Å². The van der Waals surface area contributed by atoms with Crippen LogP contribution in [0.1, 0.15) is 41.6 Å². The minimum atomic E-state index is 0.118. The fraction of sp³-hybridized carbons (Fsp3) is 0.435. The predicted octanol–water partition coefficient (Wildman–Crippen LogP) is 3.50. The van der Waals surface area contributed by atoms with Gasteiger partial charge in [-0.2, -0.15) is 0 Å². The number of nitrogens with zero attached hydrogens (tertiary/aromatic N) is 4. The van der Waals surface area contributed by atoms with E-state index in [1.807, 2.05) is 41.3 Å². The maximum Gasteiger partial charge on any atom is 0.253 e. The third-order valence-electron chi connectivity index (χ3n) is 6.04. The van der Waals surface area contributed by atoms with Crippen LogP contribution in [-0.2, 0) is 6.54 Å². The number of rotatable bonds is 5. The lowest BCUT2D eigenvalue weighted by Gasteiger charge is -2.32. The first-order valence-electron chi connectivity index (χ1n) is 10.7. The van der Waals surface area contributed by atoms with E-state index in [-0.39, 0.29) is 12.0 Å². The number of piperidine rings is 1. The molecule has 3 heterocycles. The first-order valence-corrected chi connectivity index (χ1v) is 10.7. The van der Waals surface area contributed by atoms with E-state index in [4.69, 9.17) is 9.37 Å². The molecular formula is C23H26N4O3. The Morgan fingerprint density at radius 3 is 2.63 bits per heavy atom. The van der Waals surface area contributed by atoms with Crippen molar-refractivity contribution in [2.45, 2.75) is 38.3 Å². The van der Waals surface area contributed by atoms with Crippen LogP contribution in [0.4, 0.5) is 0 Å². The Hall–Kier alpha value is -2.93. The number of carbonyl (C=O) groups is 1. The Morgan fingerprint density at radius 1 is 1.00 bits per heavy atom. The summed E-state index contributed by atoms with van der Waals surface area (Å²) in [5.41, 5.74) is 3.53. The minimum absolute atomic E-state index is 0.118. The van der Waals surface area contributed by atoms with Crippen LogP contribution in [0, 0.1) is 0 Å². The lowest BCUT2D eigenvalue weighted by Crippen LogP contribution is -2.37. The van der Waals surface area contributed by atoms with E-state index in [1.165, 1.54) is 5.56 Å². The predicted molar refractivity (Wildman–Crippen MR) is 112 cm³/mol. The zero-order valence-corrected chi connectivity index (χ0v) is 17.0. The third-order valence-corrected chi connectivity index (χ3v) is 6.04. The first kappa shape index (κ1) is 19.1. The summed E-state index contributed by atoms with van der Waals surface area (Å²) in [6.45, 7) is 4.57. The lowest BCUT2D eigenvalue weighted by molar-refractivity contribution is 0.0789. The maximum absolute atomic E-state index is 12.6. The molecule has 2 aliphatic heterocycles. The van der Waals surface area contributed by atoms with Crippen molar-refractivity contribution >= 4 is 16.9 Å². The molecule has 7 heteroatoms. The molecule has 2 aliphatic rings. The van der Waals surface area contributed by atoms with Crippen molar-refractivity contribution in [3.8, 4) is 5.75 Å². The summed E-state index contributed by atoms with van der Waals surface area (Å²) in [5, 5.41) is 7.78. The number of likely N-dealkylation sites (tertiary alicyclic amines) is 2. The molecule has 0 unspecified atom stereocenters. The molecule has 0 atom stereocenters. The van der Waals surface area contributed by atoms with Gasteiger partial charge in [-0.3, -0.25) is 9.69 Å². The average Bonchev–Trinajstić information content (AvgIpc) is 3.47. The Labute approximate surface area is 175 Å². The smallest absolute Gasteiger partial charge is 0.253 e. The Morgan fingerprint density at radius 2 is 1.80 bits per heavy atom. The quantitative estimate of drug-likeness (QED) is 0.646. The van der Waals surface area contributed by atoms with E-state index in [0.29, 0.717) is 0 Å². The average molecular weight is 406 g/mol. The first-order chi connectivity index (χ1) is 14.7. The van der Waals surface area contributed by atoms with Gasteiger partial charge in [-0.1, -0.05) is 12.1 Å². The van der Waals surface area contributed by atoms with Gasteiger partial charge in [0.15, 0.2) is 0 Å². The van der Waals surface area contributed by atoms with Gasteiger partial charge in [0, 0.05) is 38.3 Å². The molecule has 0 spiro atoms. The standard InChI is InChI=1S/C23H26N4O3/c28-23(27-10-1-2-11-27)18-4-3-5-20(15-18)29-19-8-12-26(13-9-19)16-17-6-7-21-22(14-17)25-30-24-21/h3-7,14-15,19H,1-2,8-13,16H2. The Balaban J connectivity index is 1.15. The van der Waals surface area contributed by atoms with Gasteiger partial charge in [0.05, 0.1) is 0 Å². The highest BCUT2D eigenvalue weighted by molar-refractivity contribution is 5.94. The molecular weight excluding hydrogens is 380 g/mol. The summed E-state index contributed by atoms with van der Waals surface area (Å²) >= 11 is 0. The van der Waals surface area contributed by atoms with Gasteiger partial charge < -0.3 is 9.64 Å². The van der Waals surface area contributed by atoms with Crippen LogP contribution in [0.5, 0.6) is 5.75 Å². The largest absolute Gasteiger partial charge is 0.490 e. The SMILES string of the molecule is O=C(c1cccc(OC2CCN(Cc3ccc4nonc4c3)CC2)c1)N1CCCC1. The summed E-state index contributed by atoms with van der Waals surface area (Å²) in [4.78, 5) is 17.0. The number of hydrogen-bond acceptors (Lipinski definition) is 6. The summed E-state index contributed by atoms with van der Waals surface area (Å²) in [6, 6.07) is 13.7. The molecule has 0 radical (unpaired) electrons. The lowest BCUT2D eigenvalue weighted by atomic mass is 10.1. The van der Waals surface area contributed by atoms with Crippen molar-refractivity contribution in [1.82, 2.24) is 20.1 Å². The topological polar surface area (TPSA) is 71.7 Å². The van der Waals surface area contributed by atoms with E-state index in [9.17, 15) is 4.79 Å². The molecule has 0 aliphatic carbocycles. The molecule has 0 saturated carbocycles. The molecule has 1 aromatic heterocycles. The third kappa shape index (κ3) is 4.16. The van der Waals surface area contributed by atoms with Crippen LogP contribution >= 0.6 is 0 Å². The summed E-state index contributed by atoms with van der Waals surface area (Å²) in [7, 11) is 0. The van der Waals surface area contributed by atoms with Crippen LogP contribution in [0.25, 0.3) is 11.0 Å². The van der Waals surface area contributed by atoms with E-state index in [2.05, 4.69) is 21.3 Å². The second-order valence-corrected chi connectivity index (χ2v) is 8.21. The van der Waals surface area contributed by atoms with Crippen LogP contribution in [0.15, 0.2) is 47.1 Å². The Bertz CT molecular complexity index is 1020. The number of ether oxygens (including phenoxy) is 1. The van der Waals surface area contributed by atoms with Crippen molar-refractivity contribution in [3.05, 3.63) is 53.6 Å². The van der Waals surface area contributed by atoms with Crippen LogP contribution in [0.2, 0.25) is 0 Å². The number of amides is 1. The molecule has 2 saturated heterocycles. The van der Waals surface area contributed by atoms with Crippen molar-refractivity contribution in [2.75, 3.05) is 26.2 Å². The van der Waals surface area contributed by atoms with E-state index in [1.54, 1.807) is 0 Å². The molecule has 156 valence electrons. The molecule has 0 N–H and O–H groups in total. The molecule has 5 rings (SSSR count). The number of aromatic nitrogens is 2. The molecule has 3 aromatic rings. The molecule has 30 heavy (non-hydrogen) atoms. The van der Waals surface area contributed by atoms with Crippen molar-refractivity contribution in [1.29, 1.82) is 0 Å². The minimum Gasteiger partial charge on any atom is -0.490 e. The van der Waals surface area contributed by atoms with E-state index >= 15 is 0 Å². The number of benzene rings is 2. The van der Waals surface area contributed by atoms with Crippen molar-refractivity contribution in [2.24, 2.45) is 0 Å². The van der Waals surface area contributed by atoms with Gasteiger partial charge >= 0.3 is 0 Å². The van der Waals surface area contributed by atoms with Crippen LogP contribution in [0.3, 0.4) is 0 Å². The highest BCUT2D eigenvalue weighted by atomic mass is 16.6. The second kappa shape index (κ2) is 8.44. The van der Waals surface area contributed by atoms with E-state index in [0.717, 1.165) is 80.8 Å². The second-order valence-electron chi connectivity index (χ2n) is 8.21. The number of hydrogen-bond donors (Lipinski definition) is 0. The normalized spacial score (nSPS) is 18.2. The van der Waals surface area contributed by atoms with Gasteiger partial charge in [-0.05, 0) is 71.9 Å².